The largest absolute Gasteiger partial charge is 0.341 e. The Hall–Kier alpha value is -0.770. The normalized spacial score (nSPS) is 22.8. The van der Waals surface area contributed by atoms with Gasteiger partial charge in [-0.1, -0.05) is 0 Å². The Kier molecular flexibility index (Phi) is 3.34. The minimum Gasteiger partial charge on any atom is -0.341 e. The molecule has 0 spiro atoms. The second kappa shape index (κ2) is 4.30. The highest BCUT2D eigenvalue weighted by Crippen LogP contribution is 2.14. The van der Waals surface area contributed by atoms with E-state index in [0.717, 1.165) is 26.1 Å². The van der Waals surface area contributed by atoms with Crippen molar-refractivity contribution in [2.45, 2.75) is 6.42 Å². The van der Waals surface area contributed by atoms with Gasteiger partial charge in [-0.2, -0.15) is 0 Å². The van der Waals surface area contributed by atoms with E-state index in [2.05, 4.69) is 10.6 Å². The highest BCUT2D eigenvalue weighted by Gasteiger charge is 2.24. The van der Waals surface area contributed by atoms with Crippen LogP contribution in [0.1, 0.15) is 6.42 Å². The fraction of sp³-hybridized carbons (Fsp3) is 0.875. The predicted octanol–water partition coefficient (Wildman–Crippen LogP) is -0.133. The van der Waals surface area contributed by atoms with Crippen molar-refractivity contribution in [2.75, 3.05) is 33.7 Å². The zero-order chi connectivity index (χ0) is 8.97. The molecule has 2 amide bonds. The Morgan fingerprint density at radius 3 is 2.92 bits per heavy atom. The molecule has 1 atom stereocenters. The van der Waals surface area contributed by atoms with Gasteiger partial charge in [0.25, 0.3) is 0 Å². The zero-order valence-electron chi connectivity index (χ0n) is 7.76. The monoisotopic (exact) mass is 171 g/mol. The standard InChI is InChI=1S/C8H17N3O/c1-9-5-7-3-4-11(6-7)8(12)10-2/h7,9H,3-6H2,1-2H3,(H,10,12). The van der Waals surface area contributed by atoms with Crippen molar-refractivity contribution in [3.05, 3.63) is 0 Å². The molecule has 12 heavy (non-hydrogen) atoms. The van der Waals surface area contributed by atoms with Crippen LogP contribution in [0.5, 0.6) is 0 Å². The van der Waals surface area contributed by atoms with Crippen molar-refractivity contribution < 1.29 is 4.79 Å². The van der Waals surface area contributed by atoms with Crippen molar-refractivity contribution in [2.24, 2.45) is 5.92 Å². The summed E-state index contributed by atoms with van der Waals surface area (Å²) in [6.07, 6.45) is 1.12. The highest BCUT2D eigenvalue weighted by atomic mass is 16.2. The SMILES string of the molecule is CNCC1CCN(C(=O)NC)C1. The summed E-state index contributed by atoms with van der Waals surface area (Å²) in [7, 11) is 3.62. The van der Waals surface area contributed by atoms with Gasteiger partial charge in [0.05, 0.1) is 0 Å². The lowest BCUT2D eigenvalue weighted by Gasteiger charge is -2.15. The summed E-state index contributed by atoms with van der Waals surface area (Å²) in [5, 5.41) is 5.76. The maximum atomic E-state index is 11.2. The molecular formula is C8H17N3O. The average Bonchev–Trinajstić information content (AvgIpc) is 2.52. The van der Waals surface area contributed by atoms with E-state index in [9.17, 15) is 4.79 Å². The number of carbonyl (C=O) groups excluding carboxylic acids is 1. The molecule has 1 saturated heterocycles. The van der Waals surface area contributed by atoms with Crippen LogP contribution in [0, 0.1) is 5.92 Å². The van der Waals surface area contributed by atoms with E-state index in [1.54, 1.807) is 7.05 Å². The van der Waals surface area contributed by atoms with Gasteiger partial charge in [0.1, 0.15) is 0 Å². The van der Waals surface area contributed by atoms with Gasteiger partial charge in [0.2, 0.25) is 0 Å². The van der Waals surface area contributed by atoms with Crippen LogP contribution in [0.15, 0.2) is 0 Å². The van der Waals surface area contributed by atoms with Crippen molar-refractivity contribution in [1.29, 1.82) is 0 Å². The number of carbonyl (C=O) groups is 1. The summed E-state index contributed by atoms with van der Waals surface area (Å²) in [6, 6.07) is 0.0496. The summed E-state index contributed by atoms with van der Waals surface area (Å²) in [4.78, 5) is 13.0. The van der Waals surface area contributed by atoms with Crippen molar-refractivity contribution in [3.63, 3.8) is 0 Å². The second-order valence-corrected chi connectivity index (χ2v) is 3.21. The molecule has 0 aromatic rings. The van der Waals surface area contributed by atoms with E-state index >= 15 is 0 Å². The molecule has 1 rings (SSSR count). The zero-order valence-corrected chi connectivity index (χ0v) is 7.76. The third-order valence-corrected chi connectivity index (χ3v) is 2.28. The Balaban J connectivity index is 2.30. The summed E-state index contributed by atoms with van der Waals surface area (Å²) in [5.41, 5.74) is 0. The molecule has 0 bridgehead atoms. The minimum atomic E-state index is 0.0496. The van der Waals surface area contributed by atoms with Gasteiger partial charge in [0.15, 0.2) is 0 Å². The smallest absolute Gasteiger partial charge is 0.317 e. The van der Waals surface area contributed by atoms with Gasteiger partial charge >= 0.3 is 6.03 Å². The van der Waals surface area contributed by atoms with Gasteiger partial charge in [-0.25, -0.2) is 4.79 Å². The van der Waals surface area contributed by atoms with Crippen LogP contribution in [-0.4, -0.2) is 44.7 Å². The fourth-order valence-corrected chi connectivity index (χ4v) is 1.63. The quantitative estimate of drug-likeness (QED) is 0.607. The number of hydrogen-bond acceptors (Lipinski definition) is 2. The first-order valence-corrected chi connectivity index (χ1v) is 4.39. The van der Waals surface area contributed by atoms with Gasteiger partial charge in [-0.3, -0.25) is 0 Å². The molecule has 2 N–H and O–H groups in total. The predicted molar refractivity (Wildman–Crippen MR) is 48.1 cm³/mol. The van der Waals surface area contributed by atoms with E-state index < -0.39 is 0 Å². The number of urea groups is 1. The fourth-order valence-electron chi connectivity index (χ4n) is 1.63. The molecule has 1 unspecified atom stereocenters. The molecule has 0 aliphatic carbocycles. The van der Waals surface area contributed by atoms with Gasteiger partial charge in [0, 0.05) is 20.1 Å². The van der Waals surface area contributed by atoms with Crippen LogP contribution in [-0.2, 0) is 0 Å². The molecule has 0 aromatic carbocycles. The maximum absolute atomic E-state index is 11.2. The molecule has 4 nitrogen and oxygen atoms in total. The number of nitrogens with one attached hydrogen (secondary N) is 2. The molecule has 0 radical (unpaired) electrons. The first-order valence-electron chi connectivity index (χ1n) is 4.39. The van der Waals surface area contributed by atoms with E-state index in [4.69, 9.17) is 0 Å². The van der Waals surface area contributed by atoms with Crippen molar-refractivity contribution in [3.8, 4) is 0 Å². The van der Waals surface area contributed by atoms with Crippen LogP contribution in [0.25, 0.3) is 0 Å². The Morgan fingerprint density at radius 1 is 1.58 bits per heavy atom. The lowest BCUT2D eigenvalue weighted by atomic mass is 10.1. The summed E-state index contributed by atoms with van der Waals surface area (Å²) < 4.78 is 0. The van der Waals surface area contributed by atoms with Crippen LogP contribution in [0.4, 0.5) is 4.79 Å². The van der Waals surface area contributed by atoms with E-state index in [0.29, 0.717) is 5.92 Å². The summed E-state index contributed by atoms with van der Waals surface area (Å²) in [6.45, 7) is 2.79. The van der Waals surface area contributed by atoms with E-state index in [-0.39, 0.29) is 6.03 Å². The van der Waals surface area contributed by atoms with Crippen molar-refractivity contribution in [1.82, 2.24) is 15.5 Å². The Morgan fingerprint density at radius 2 is 2.33 bits per heavy atom. The van der Waals surface area contributed by atoms with E-state index in [1.807, 2.05) is 11.9 Å². The number of nitrogens with zero attached hydrogens (tertiary/aromatic N) is 1. The summed E-state index contributed by atoms with van der Waals surface area (Å²) >= 11 is 0. The number of amides is 2. The molecule has 4 heteroatoms. The maximum Gasteiger partial charge on any atom is 0.317 e. The van der Waals surface area contributed by atoms with Crippen molar-refractivity contribution >= 4 is 6.03 Å². The molecule has 0 saturated carbocycles. The molecule has 1 fully saturated rings. The lowest BCUT2D eigenvalue weighted by Crippen LogP contribution is -2.36. The lowest BCUT2D eigenvalue weighted by molar-refractivity contribution is 0.209. The first-order chi connectivity index (χ1) is 5.77. The molecule has 1 aliphatic rings. The Bertz CT molecular complexity index is 160. The highest BCUT2D eigenvalue weighted by molar-refractivity contribution is 5.74. The Labute approximate surface area is 73.3 Å². The van der Waals surface area contributed by atoms with Crippen LogP contribution >= 0.6 is 0 Å². The third kappa shape index (κ3) is 2.11. The first kappa shape index (κ1) is 9.32. The molecule has 0 aromatic heterocycles. The molecule has 1 aliphatic heterocycles. The third-order valence-electron chi connectivity index (χ3n) is 2.28. The molecular weight excluding hydrogens is 154 g/mol. The van der Waals surface area contributed by atoms with E-state index in [1.165, 1.54) is 0 Å². The van der Waals surface area contributed by atoms with Crippen LogP contribution < -0.4 is 10.6 Å². The topological polar surface area (TPSA) is 44.4 Å². The van der Waals surface area contributed by atoms with Crippen LogP contribution in [0.3, 0.4) is 0 Å². The molecule has 70 valence electrons. The van der Waals surface area contributed by atoms with Gasteiger partial charge in [-0.15, -0.1) is 0 Å². The van der Waals surface area contributed by atoms with Gasteiger partial charge < -0.3 is 15.5 Å². The number of rotatable bonds is 2. The number of hydrogen-bond donors (Lipinski definition) is 2. The average molecular weight is 171 g/mol. The second-order valence-electron chi connectivity index (χ2n) is 3.21. The summed E-state index contributed by atoms with van der Waals surface area (Å²) in [5.74, 6) is 0.632. The van der Waals surface area contributed by atoms with Crippen LogP contribution in [0.2, 0.25) is 0 Å². The molecule has 1 heterocycles. The van der Waals surface area contributed by atoms with Gasteiger partial charge in [-0.05, 0) is 25.9 Å². The number of likely N-dealkylation sites (tertiary alicyclic amines) is 1. The minimum absolute atomic E-state index is 0.0496.